The van der Waals surface area contributed by atoms with E-state index in [1.165, 1.54) is 5.56 Å². The lowest BCUT2D eigenvalue weighted by Gasteiger charge is -2.21. The zero-order valence-electron chi connectivity index (χ0n) is 11.9. The second-order valence-electron chi connectivity index (χ2n) is 5.28. The van der Waals surface area contributed by atoms with Gasteiger partial charge in [0.05, 0.1) is 0 Å². The molecule has 0 aliphatic carbocycles. The first-order valence-electron chi connectivity index (χ1n) is 6.76. The average molecular weight is 332 g/mol. The van der Waals surface area contributed by atoms with Gasteiger partial charge in [0.15, 0.2) is 14.9 Å². The summed E-state index contributed by atoms with van der Waals surface area (Å²) in [7, 11) is -7.34. The van der Waals surface area contributed by atoms with Gasteiger partial charge in [-0.05, 0) is 30.4 Å². The standard InChI is InChI=1S/C13H20N2O4S2/c1-20(16,17)10-21(18,19)15-9-7-12-5-2-4-11-6-3-8-14-13(11)12/h2,4-5,14-15H,3,6-10H2,1H3. The molecule has 0 aromatic heterocycles. The SMILES string of the molecule is CS(=O)(=O)CS(=O)(=O)NCCc1cccc2c1NCCC2. The predicted molar refractivity (Wildman–Crippen MR) is 83.6 cm³/mol. The first kappa shape index (κ1) is 16.3. The molecule has 0 fully saturated rings. The number of fused-ring (bicyclic) bond motifs is 1. The van der Waals surface area contributed by atoms with E-state index in [0.717, 1.165) is 36.9 Å². The molecule has 0 saturated carbocycles. The van der Waals surface area contributed by atoms with E-state index < -0.39 is 24.9 Å². The van der Waals surface area contributed by atoms with Gasteiger partial charge in [-0.2, -0.15) is 0 Å². The number of benzene rings is 1. The summed E-state index contributed by atoms with van der Waals surface area (Å²) < 4.78 is 47.7. The topological polar surface area (TPSA) is 92.3 Å². The number of sulfonamides is 1. The van der Waals surface area contributed by atoms with E-state index in [0.29, 0.717) is 6.42 Å². The fourth-order valence-corrected chi connectivity index (χ4v) is 5.46. The molecule has 0 amide bonds. The summed E-state index contributed by atoms with van der Waals surface area (Å²) in [5.74, 6) is 0. The number of anilines is 1. The van der Waals surface area contributed by atoms with E-state index in [4.69, 9.17) is 0 Å². The van der Waals surface area contributed by atoms with Gasteiger partial charge < -0.3 is 5.32 Å². The van der Waals surface area contributed by atoms with Crippen LogP contribution >= 0.6 is 0 Å². The molecule has 0 radical (unpaired) electrons. The third-order valence-electron chi connectivity index (χ3n) is 3.25. The van der Waals surface area contributed by atoms with Crippen molar-refractivity contribution in [1.29, 1.82) is 0 Å². The van der Waals surface area contributed by atoms with Crippen molar-refractivity contribution in [2.45, 2.75) is 19.3 Å². The fraction of sp³-hybridized carbons (Fsp3) is 0.538. The zero-order valence-corrected chi connectivity index (χ0v) is 13.6. The Morgan fingerprint density at radius 3 is 2.71 bits per heavy atom. The molecule has 2 N–H and O–H groups in total. The van der Waals surface area contributed by atoms with E-state index in [1.807, 2.05) is 12.1 Å². The molecule has 1 heterocycles. The van der Waals surface area contributed by atoms with Crippen LogP contribution in [0.25, 0.3) is 0 Å². The second kappa shape index (κ2) is 6.33. The Bertz CT molecular complexity index is 712. The van der Waals surface area contributed by atoms with E-state index in [2.05, 4.69) is 16.1 Å². The molecular formula is C13H20N2O4S2. The predicted octanol–water partition coefficient (Wildman–Crippen LogP) is 0.509. The van der Waals surface area contributed by atoms with Gasteiger partial charge in [-0.3, -0.25) is 0 Å². The van der Waals surface area contributed by atoms with Gasteiger partial charge in [-0.25, -0.2) is 21.6 Å². The average Bonchev–Trinajstić information content (AvgIpc) is 2.36. The number of hydrogen-bond donors (Lipinski definition) is 2. The summed E-state index contributed by atoms with van der Waals surface area (Å²) in [6.45, 7) is 1.11. The third-order valence-corrected chi connectivity index (χ3v) is 6.85. The molecule has 0 saturated heterocycles. The van der Waals surface area contributed by atoms with Crippen molar-refractivity contribution in [2.24, 2.45) is 0 Å². The summed E-state index contributed by atoms with van der Waals surface area (Å²) in [5.41, 5.74) is 3.39. The number of aryl methyl sites for hydroxylation is 1. The monoisotopic (exact) mass is 332 g/mol. The number of rotatable bonds is 6. The summed E-state index contributed by atoms with van der Waals surface area (Å²) >= 11 is 0. The Labute approximate surface area is 125 Å². The molecule has 1 aromatic carbocycles. The Morgan fingerprint density at radius 1 is 1.24 bits per heavy atom. The van der Waals surface area contributed by atoms with Crippen LogP contribution in [0.5, 0.6) is 0 Å². The quantitative estimate of drug-likeness (QED) is 0.792. The number of para-hydroxylation sites is 1. The highest BCUT2D eigenvalue weighted by atomic mass is 32.3. The smallest absolute Gasteiger partial charge is 0.226 e. The van der Waals surface area contributed by atoms with Crippen LogP contribution in [0.15, 0.2) is 18.2 Å². The van der Waals surface area contributed by atoms with E-state index in [1.54, 1.807) is 0 Å². The van der Waals surface area contributed by atoms with Gasteiger partial charge in [0.25, 0.3) is 0 Å². The van der Waals surface area contributed by atoms with Crippen molar-refractivity contribution >= 4 is 25.5 Å². The summed E-state index contributed by atoms with van der Waals surface area (Å²) in [5, 5.41) is 2.47. The molecule has 1 aliphatic rings. The Morgan fingerprint density at radius 2 is 2.00 bits per heavy atom. The molecule has 118 valence electrons. The van der Waals surface area contributed by atoms with E-state index >= 15 is 0 Å². The summed E-state index contributed by atoms with van der Waals surface area (Å²) in [6, 6.07) is 5.99. The van der Waals surface area contributed by atoms with Gasteiger partial charge in [-0.15, -0.1) is 0 Å². The van der Waals surface area contributed by atoms with Gasteiger partial charge in [0.1, 0.15) is 0 Å². The van der Waals surface area contributed by atoms with Crippen LogP contribution < -0.4 is 10.0 Å². The maximum atomic E-state index is 11.6. The molecule has 0 atom stereocenters. The molecule has 0 spiro atoms. The lowest BCUT2D eigenvalue weighted by molar-refractivity contribution is 0.581. The van der Waals surface area contributed by atoms with Crippen LogP contribution in [-0.2, 0) is 32.7 Å². The van der Waals surface area contributed by atoms with Crippen LogP contribution in [0.4, 0.5) is 5.69 Å². The van der Waals surface area contributed by atoms with Crippen molar-refractivity contribution < 1.29 is 16.8 Å². The van der Waals surface area contributed by atoms with Gasteiger partial charge in [0.2, 0.25) is 10.0 Å². The molecule has 1 aromatic rings. The number of nitrogens with one attached hydrogen (secondary N) is 2. The minimum atomic E-state index is -3.79. The highest BCUT2D eigenvalue weighted by molar-refractivity contribution is 8.06. The van der Waals surface area contributed by atoms with Crippen LogP contribution in [-0.4, -0.2) is 41.3 Å². The van der Waals surface area contributed by atoms with Crippen molar-refractivity contribution in [3.05, 3.63) is 29.3 Å². The first-order chi connectivity index (χ1) is 9.77. The van der Waals surface area contributed by atoms with Crippen LogP contribution in [0.3, 0.4) is 0 Å². The van der Waals surface area contributed by atoms with Crippen molar-refractivity contribution in [3.8, 4) is 0 Å². The van der Waals surface area contributed by atoms with E-state index in [-0.39, 0.29) is 6.54 Å². The first-order valence-corrected chi connectivity index (χ1v) is 10.5. The highest BCUT2D eigenvalue weighted by Crippen LogP contribution is 2.26. The van der Waals surface area contributed by atoms with Crippen molar-refractivity contribution in [1.82, 2.24) is 4.72 Å². The maximum absolute atomic E-state index is 11.6. The van der Waals surface area contributed by atoms with Gasteiger partial charge >= 0.3 is 0 Å². The van der Waals surface area contributed by atoms with Crippen molar-refractivity contribution in [3.63, 3.8) is 0 Å². The van der Waals surface area contributed by atoms with Gasteiger partial charge in [0, 0.05) is 25.0 Å². The fourth-order valence-electron chi connectivity index (χ4n) is 2.45. The molecule has 2 rings (SSSR count). The lowest BCUT2D eigenvalue weighted by Crippen LogP contribution is -2.31. The number of hydrogen-bond acceptors (Lipinski definition) is 5. The lowest BCUT2D eigenvalue weighted by atomic mass is 9.98. The number of sulfone groups is 1. The summed E-state index contributed by atoms with van der Waals surface area (Å²) in [6.07, 6.45) is 3.55. The second-order valence-corrected chi connectivity index (χ2v) is 9.60. The molecule has 0 bridgehead atoms. The van der Waals surface area contributed by atoms with Crippen LogP contribution in [0.2, 0.25) is 0 Å². The molecule has 21 heavy (non-hydrogen) atoms. The largest absolute Gasteiger partial charge is 0.385 e. The molecule has 8 heteroatoms. The van der Waals surface area contributed by atoms with Crippen LogP contribution in [0, 0.1) is 0 Å². The molecule has 0 unspecified atom stereocenters. The maximum Gasteiger partial charge on any atom is 0.226 e. The van der Waals surface area contributed by atoms with E-state index in [9.17, 15) is 16.8 Å². The van der Waals surface area contributed by atoms with Crippen molar-refractivity contribution in [2.75, 3.05) is 29.7 Å². The van der Waals surface area contributed by atoms with Gasteiger partial charge in [-0.1, -0.05) is 18.2 Å². The molecule has 6 nitrogen and oxygen atoms in total. The normalized spacial score (nSPS) is 15.3. The minimum Gasteiger partial charge on any atom is -0.385 e. The Kier molecular flexibility index (Phi) is 4.90. The Balaban J connectivity index is 1.98. The molecule has 1 aliphatic heterocycles. The van der Waals surface area contributed by atoms with Crippen LogP contribution in [0.1, 0.15) is 17.5 Å². The highest BCUT2D eigenvalue weighted by Gasteiger charge is 2.18. The summed E-state index contributed by atoms with van der Waals surface area (Å²) in [4.78, 5) is 0. The third kappa shape index (κ3) is 4.98. The Hall–Kier alpha value is -1.12. The minimum absolute atomic E-state index is 0.190. The zero-order chi connectivity index (χ0) is 15.5. The molecular weight excluding hydrogens is 312 g/mol.